The van der Waals surface area contributed by atoms with Gasteiger partial charge in [0.2, 0.25) is 11.8 Å². The lowest BCUT2D eigenvalue weighted by atomic mass is 9.69. The number of hydrogen-bond acceptors (Lipinski definition) is 6. The molecular weight excluding hydrogens is 614 g/mol. The van der Waals surface area contributed by atoms with E-state index in [0.29, 0.717) is 58.3 Å². The van der Waals surface area contributed by atoms with Gasteiger partial charge in [-0.1, -0.05) is 52.7 Å². The molecule has 2 N–H and O–H groups in total. The molecule has 2 aromatic rings. The van der Waals surface area contributed by atoms with Crippen molar-refractivity contribution >= 4 is 45.4 Å². The smallest absolute Gasteiger partial charge is 0.303 e. The number of amides is 2. The molecule has 2 aliphatic heterocycles. The molecule has 2 heterocycles. The van der Waals surface area contributed by atoms with Crippen LogP contribution in [0.4, 0.5) is 0 Å². The predicted octanol–water partition coefficient (Wildman–Crippen LogP) is 6.08. The van der Waals surface area contributed by atoms with E-state index >= 15 is 0 Å². The minimum atomic E-state index is -0.836. The molecule has 2 fully saturated rings. The number of methoxy groups -OCH3 is 1. The molecule has 9 heteroatoms. The van der Waals surface area contributed by atoms with Crippen molar-refractivity contribution in [2.45, 2.75) is 51.0 Å². The number of carboxylic acids is 1. The number of benzene rings is 2. The van der Waals surface area contributed by atoms with Crippen LogP contribution >= 0.6 is 15.9 Å². The highest BCUT2D eigenvalue weighted by Crippen LogP contribution is 2.50. The third-order valence-corrected chi connectivity index (χ3v) is 9.32. The lowest BCUT2D eigenvalue weighted by Gasteiger charge is -2.31. The van der Waals surface area contributed by atoms with Crippen molar-refractivity contribution in [3.63, 3.8) is 0 Å². The van der Waals surface area contributed by atoms with Crippen LogP contribution in [0.25, 0.3) is 11.6 Å². The first-order chi connectivity index (χ1) is 20.8. The number of fused-ring (bicyclic) bond motifs is 3. The minimum Gasteiger partial charge on any atom is -0.507 e. The Bertz CT molecular complexity index is 1420. The number of carbonyl (C=O) groups is 3. The molecule has 0 saturated carbocycles. The number of aromatic hydroxyl groups is 1. The number of rotatable bonds is 13. The molecule has 5 rings (SSSR count). The van der Waals surface area contributed by atoms with E-state index in [2.05, 4.69) is 28.1 Å². The van der Waals surface area contributed by atoms with E-state index in [9.17, 15) is 19.5 Å². The summed E-state index contributed by atoms with van der Waals surface area (Å²) in [5.41, 5.74) is 4.99. The standard InChI is InChI=1S/C34H38BrNO7/c1-42-19-24-18-26-32(34(41)36(33(26)40)15-7-3-6-10-30(38)39)27-20-43-29(31(24)27)14-11-22(21-8-4-2-5-9-21)16-23-17-25(35)12-13-28(23)37/h2,4-5,8-9,12-13,16-17,26-27,29,32,37H,3,6-7,10-11,14-15,18-20H2,1H3,(H,38,39)/b22-16-/t26-,27+,29-,32-/m1/s1. The lowest BCUT2D eigenvalue weighted by Crippen LogP contribution is -2.35. The Hall–Kier alpha value is -3.27. The molecule has 43 heavy (non-hydrogen) atoms. The molecule has 0 aromatic heterocycles. The van der Waals surface area contributed by atoms with Gasteiger partial charge in [0.1, 0.15) is 5.75 Å². The van der Waals surface area contributed by atoms with E-state index in [1.54, 1.807) is 19.2 Å². The number of aliphatic carboxylic acids is 1. The molecule has 0 radical (unpaired) electrons. The zero-order valence-electron chi connectivity index (χ0n) is 24.3. The SMILES string of the molecule is COCC1=C2[C@@H](CC/C(=C/c3cc(Br)ccc3O)c3ccccc3)OC[C@@H]2[C@@H]2C(=O)N(CCCCCC(=O)O)C(=O)[C@@H]2C1. The number of allylic oxidation sites excluding steroid dienone is 1. The van der Waals surface area contributed by atoms with E-state index < -0.39 is 17.8 Å². The molecule has 0 unspecified atom stereocenters. The Morgan fingerprint density at radius 1 is 1.07 bits per heavy atom. The number of carbonyl (C=O) groups excluding carboxylic acids is 2. The molecule has 228 valence electrons. The Morgan fingerprint density at radius 2 is 1.86 bits per heavy atom. The number of ether oxygens (including phenoxy) is 2. The topological polar surface area (TPSA) is 113 Å². The molecule has 8 nitrogen and oxygen atoms in total. The number of carboxylic acid groups (broad SMARTS) is 1. The van der Waals surface area contributed by atoms with Crippen molar-refractivity contribution in [3.8, 4) is 5.75 Å². The van der Waals surface area contributed by atoms with Gasteiger partial charge in [-0.25, -0.2) is 0 Å². The number of nitrogens with zero attached hydrogens (tertiary/aromatic N) is 1. The Labute approximate surface area is 260 Å². The molecule has 2 aromatic carbocycles. The quantitative estimate of drug-likeness (QED) is 0.117. The van der Waals surface area contributed by atoms with Crippen LogP contribution in [0, 0.1) is 17.8 Å². The van der Waals surface area contributed by atoms with Gasteiger partial charge in [0.05, 0.1) is 31.2 Å². The van der Waals surface area contributed by atoms with Gasteiger partial charge < -0.3 is 19.7 Å². The summed E-state index contributed by atoms with van der Waals surface area (Å²) in [5, 5.41) is 19.4. The first-order valence-electron chi connectivity index (χ1n) is 14.9. The zero-order valence-corrected chi connectivity index (χ0v) is 25.9. The van der Waals surface area contributed by atoms with Gasteiger partial charge in [-0.15, -0.1) is 0 Å². The third-order valence-electron chi connectivity index (χ3n) is 8.83. The van der Waals surface area contributed by atoms with Crippen LogP contribution in [0.1, 0.15) is 56.1 Å². The number of imide groups is 1. The summed E-state index contributed by atoms with van der Waals surface area (Å²) >= 11 is 3.50. The van der Waals surface area contributed by atoms with Crippen LogP contribution in [-0.2, 0) is 23.9 Å². The van der Waals surface area contributed by atoms with Crippen molar-refractivity contribution in [1.82, 2.24) is 4.90 Å². The van der Waals surface area contributed by atoms with E-state index in [1.165, 1.54) is 4.90 Å². The van der Waals surface area contributed by atoms with Crippen LogP contribution < -0.4 is 0 Å². The van der Waals surface area contributed by atoms with Gasteiger partial charge in [-0.2, -0.15) is 0 Å². The maximum Gasteiger partial charge on any atom is 0.303 e. The first kappa shape index (κ1) is 31.2. The fourth-order valence-electron chi connectivity index (χ4n) is 6.86. The van der Waals surface area contributed by atoms with Gasteiger partial charge >= 0.3 is 5.97 Å². The Morgan fingerprint density at radius 3 is 2.60 bits per heavy atom. The highest BCUT2D eigenvalue weighted by molar-refractivity contribution is 9.10. The fraction of sp³-hybridized carbons (Fsp3) is 0.441. The van der Waals surface area contributed by atoms with Gasteiger partial charge in [0.15, 0.2) is 0 Å². The summed E-state index contributed by atoms with van der Waals surface area (Å²) in [6, 6.07) is 15.4. The lowest BCUT2D eigenvalue weighted by molar-refractivity contribution is -0.141. The molecule has 0 spiro atoms. The Kier molecular flexibility index (Phi) is 10.2. The monoisotopic (exact) mass is 651 g/mol. The van der Waals surface area contributed by atoms with E-state index in [-0.39, 0.29) is 36.0 Å². The summed E-state index contributed by atoms with van der Waals surface area (Å²) in [7, 11) is 1.64. The van der Waals surface area contributed by atoms with Gasteiger partial charge in [-0.05, 0) is 78.7 Å². The van der Waals surface area contributed by atoms with Crippen molar-refractivity contribution < 1.29 is 34.1 Å². The number of halogens is 1. The third kappa shape index (κ3) is 6.95. The number of unbranched alkanes of at least 4 members (excludes halogenated alkanes) is 2. The summed E-state index contributed by atoms with van der Waals surface area (Å²) < 4.78 is 12.8. The van der Waals surface area contributed by atoms with Crippen LogP contribution in [0.2, 0.25) is 0 Å². The zero-order chi connectivity index (χ0) is 30.5. The molecule has 4 atom stereocenters. The normalized spacial score (nSPS) is 23.6. The van der Waals surface area contributed by atoms with Crippen molar-refractivity contribution in [3.05, 3.63) is 75.3 Å². The highest BCUT2D eigenvalue weighted by atomic mass is 79.9. The second kappa shape index (κ2) is 14.0. The molecule has 2 saturated heterocycles. The first-order valence-corrected chi connectivity index (χ1v) is 15.7. The summed E-state index contributed by atoms with van der Waals surface area (Å²) in [6.45, 7) is 1.10. The van der Waals surface area contributed by atoms with E-state index in [4.69, 9.17) is 14.6 Å². The summed E-state index contributed by atoms with van der Waals surface area (Å²) in [4.78, 5) is 39.2. The summed E-state index contributed by atoms with van der Waals surface area (Å²) in [5.74, 6) is -1.91. The van der Waals surface area contributed by atoms with Crippen LogP contribution in [-0.4, -0.2) is 65.9 Å². The van der Waals surface area contributed by atoms with E-state index in [1.807, 2.05) is 30.3 Å². The van der Waals surface area contributed by atoms with Crippen molar-refractivity contribution in [2.75, 3.05) is 26.9 Å². The van der Waals surface area contributed by atoms with Crippen LogP contribution in [0.3, 0.4) is 0 Å². The Balaban J connectivity index is 1.34. The fourth-order valence-corrected chi connectivity index (χ4v) is 7.23. The molecule has 3 aliphatic rings. The average molecular weight is 653 g/mol. The second-order valence-electron chi connectivity index (χ2n) is 11.6. The molecule has 2 amide bonds. The molecule has 0 bridgehead atoms. The molecule has 1 aliphatic carbocycles. The molecular formula is C34H38BrNO7. The number of hydrogen-bond donors (Lipinski definition) is 2. The second-order valence-corrected chi connectivity index (χ2v) is 12.5. The van der Waals surface area contributed by atoms with Gasteiger partial charge in [0, 0.05) is 36.0 Å². The predicted molar refractivity (Wildman–Crippen MR) is 166 cm³/mol. The number of phenols is 1. The van der Waals surface area contributed by atoms with Crippen LogP contribution in [0.5, 0.6) is 5.75 Å². The minimum absolute atomic E-state index is 0.0901. The number of likely N-dealkylation sites (tertiary alicyclic amines) is 1. The van der Waals surface area contributed by atoms with E-state index in [0.717, 1.165) is 32.3 Å². The number of phenolic OH excluding ortho intramolecular Hbond substituents is 1. The maximum absolute atomic E-state index is 13.6. The van der Waals surface area contributed by atoms with Gasteiger partial charge in [-0.3, -0.25) is 19.3 Å². The van der Waals surface area contributed by atoms with Crippen molar-refractivity contribution in [1.29, 1.82) is 0 Å². The average Bonchev–Trinajstić information content (AvgIpc) is 3.52. The van der Waals surface area contributed by atoms with Crippen molar-refractivity contribution in [2.24, 2.45) is 17.8 Å². The highest BCUT2D eigenvalue weighted by Gasteiger charge is 2.56. The largest absolute Gasteiger partial charge is 0.507 e. The van der Waals surface area contributed by atoms with Crippen LogP contribution in [0.15, 0.2) is 64.1 Å². The maximum atomic E-state index is 13.6. The van der Waals surface area contributed by atoms with Gasteiger partial charge in [0.25, 0.3) is 0 Å². The summed E-state index contributed by atoms with van der Waals surface area (Å²) in [6.07, 6.45) is 5.53.